The number of aliphatic carboxylic acids is 1. The molecule has 0 aliphatic carbocycles. The Hall–Kier alpha value is -2.31. The van der Waals surface area contributed by atoms with Crippen LogP contribution in [0.15, 0.2) is 30.3 Å². The van der Waals surface area contributed by atoms with Gasteiger partial charge in [-0.15, -0.1) is 0 Å². The topological polar surface area (TPSA) is 71.8 Å². The number of amides is 1. The summed E-state index contributed by atoms with van der Waals surface area (Å²) < 4.78 is 7.15. The molecule has 6 nitrogen and oxygen atoms in total. The van der Waals surface area contributed by atoms with Crippen molar-refractivity contribution in [1.82, 2.24) is 9.47 Å². The highest BCUT2D eigenvalue weighted by molar-refractivity contribution is 6.30. The number of ether oxygens (including phenoxy) is 1. The van der Waals surface area contributed by atoms with Gasteiger partial charge in [0.1, 0.15) is 0 Å². The summed E-state index contributed by atoms with van der Waals surface area (Å²) in [5.74, 6) is -1.24. The smallest absolute Gasteiger partial charge is 0.334 e. The molecule has 2 heterocycles. The molecule has 25 heavy (non-hydrogen) atoms. The van der Waals surface area contributed by atoms with Gasteiger partial charge in [0.15, 0.2) is 6.10 Å². The summed E-state index contributed by atoms with van der Waals surface area (Å²) in [7, 11) is 0. The molecule has 0 bridgehead atoms. The van der Waals surface area contributed by atoms with Gasteiger partial charge in [-0.3, -0.25) is 4.79 Å². The Morgan fingerprint density at radius 3 is 2.72 bits per heavy atom. The monoisotopic (exact) mass is 362 g/mol. The van der Waals surface area contributed by atoms with E-state index in [2.05, 4.69) is 0 Å². The van der Waals surface area contributed by atoms with Crippen LogP contribution in [0.1, 0.15) is 21.7 Å². The summed E-state index contributed by atoms with van der Waals surface area (Å²) in [5.41, 5.74) is 3.14. The van der Waals surface area contributed by atoms with Crippen molar-refractivity contribution >= 4 is 23.5 Å². The van der Waals surface area contributed by atoms with Crippen LogP contribution >= 0.6 is 11.6 Å². The molecule has 1 amide bonds. The molecule has 1 aromatic heterocycles. The van der Waals surface area contributed by atoms with E-state index in [1.54, 1.807) is 6.07 Å². The van der Waals surface area contributed by atoms with Crippen LogP contribution in [0.3, 0.4) is 0 Å². The van der Waals surface area contributed by atoms with Gasteiger partial charge in [0.2, 0.25) is 0 Å². The van der Waals surface area contributed by atoms with Gasteiger partial charge in [-0.1, -0.05) is 17.7 Å². The minimum absolute atomic E-state index is 0.0506. The maximum absolute atomic E-state index is 12.9. The molecule has 0 saturated carbocycles. The second-order valence-corrected chi connectivity index (χ2v) is 6.49. The number of nitrogens with zero attached hydrogens (tertiary/aromatic N) is 2. The van der Waals surface area contributed by atoms with Crippen LogP contribution in [-0.2, 0) is 9.53 Å². The third-order valence-electron chi connectivity index (χ3n) is 4.36. The third-order valence-corrected chi connectivity index (χ3v) is 4.59. The van der Waals surface area contributed by atoms with Gasteiger partial charge >= 0.3 is 5.97 Å². The summed E-state index contributed by atoms with van der Waals surface area (Å²) in [5, 5.41) is 9.73. The molecule has 1 atom stereocenters. The van der Waals surface area contributed by atoms with Crippen LogP contribution in [0.25, 0.3) is 5.69 Å². The van der Waals surface area contributed by atoms with Crippen molar-refractivity contribution in [3.63, 3.8) is 0 Å². The first-order valence-electron chi connectivity index (χ1n) is 7.97. The minimum Gasteiger partial charge on any atom is -0.479 e. The number of carbonyl (C=O) groups is 2. The zero-order valence-electron chi connectivity index (χ0n) is 14.0. The van der Waals surface area contributed by atoms with Gasteiger partial charge in [-0.2, -0.15) is 0 Å². The molecule has 7 heteroatoms. The number of aromatic nitrogens is 1. The van der Waals surface area contributed by atoms with Crippen molar-refractivity contribution in [1.29, 1.82) is 0 Å². The normalized spacial score (nSPS) is 17.6. The fourth-order valence-electron chi connectivity index (χ4n) is 3.15. The molecule has 1 aromatic carbocycles. The Bertz CT molecular complexity index is 830. The molecular weight excluding hydrogens is 344 g/mol. The van der Waals surface area contributed by atoms with Gasteiger partial charge < -0.3 is 19.3 Å². The van der Waals surface area contributed by atoms with Gasteiger partial charge in [-0.25, -0.2) is 4.79 Å². The Morgan fingerprint density at radius 1 is 1.28 bits per heavy atom. The standard InChI is InChI=1S/C18H19ClN2O4/c1-11-8-15(12(2)21(11)14-5-3-4-13(19)9-14)17(22)20-6-7-25-16(10-20)18(23)24/h3-5,8-9,16H,6-7,10H2,1-2H3,(H,23,24). The number of aryl methyl sites for hydroxylation is 1. The number of halogens is 1. The quantitative estimate of drug-likeness (QED) is 0.911. The first-order chi connectivity index (χ1) is 11.9. The number of hydrogen-bond donors (Lipinski definition) is 1. The first kappa shape index (κ1) is 17.5. The molecule has 2 aromatic rings. The predicted molar refractivity (Wildman–Crippen MR) is 93.5 cm³/mol. The molecule has 0 spiro atoms. The Labute approximate surface area is 150 Å². The summed E-state index contributed by atoms with van der Waals surface area (Å²) in [6.07, 6.45) is -0.978. The second-order valence-electron chi connectivity index (χ2n) is 6.05. The fourth-order valence-corrected chi connectivity index (χ4v) is 3.33. The number of rotatable bonds is 3. The summed E-state index contributed by atoms with van der Waals surface area (Å²) in [4.78, 5) is 25.5. The highest BCUT2D eigenvalue weighted by atomic mass is 35.5. The zero-order valence-corrected chi connectivity index (χ0v) is 14.8. The highest BCUT2D eigenvalue weighted by Gasteiger charge is 2.31. The van der Waals surface area contributed by atoms with Crippen molar-refractivity contribution in [2.45, 2.75) is 20.0 Å². The third kappa shape index (κ3) is 3.41. The van der Waals surface area contributed by atoms with Crippen molar-refractivity contribution in [3.8, 4) is 5.69 Å². The van der Waals surface area contributed by atoms with E-state index >= 15 is 0 Å². The van der Waals surface area contributed by atoms with Gasteiger partial charge in [-0.05, 0) is 38.1 Å². The maximum Gasteiger partial charge on any atom is 0.334 e. The van der Waals surface area contributed by atoms with Crippen molar-refractivity contribution in [2.75, 3.05) is 19.7 Å². The van der Waals surface area contributed by atoms with E-state index in [1.807, 2.05) is 42.7 Å². The molecule has 1 aliphatic heterocycles. The molecule has 132 valence electrons. The lowest BCUT2D eigenvalue weighted by Gasteiger charge is -2.30. The number of hydrogen-bond acceptors (Lipinski definition) is 3. The van der Waals surface area contributed by atoms with Crippen LogP contribution in [0.5, 0.6) is 0 Å². The average molecular weight is 363 g/mol. The average Bonchev–Trinajstić information content (AvgIpc) is 2.88. The molecule has 3 rings (SSSR count). The zero-order chi connectivity index (χ0) is 18.1. The lowest BCUT2D eigenvalue weighted by Crippen LogP contribution is -2.48. The molecular formula is C18H19ClN2O4. The lowest BCUT2D eigenvalue weighted by atomic mass is 10.2. The van der Waals surface area contributed by atoms with E-state index in [0.717, 1.165) is 17.1 Å². The fraction of sp³-hybridized carbons (Fsp3) is 0.333. The minimum atomic E-state index is -1.05. The highest BCUT2D eigenvalue weighted by Crippen LogP contribution is 2.24. The summed E-state index contributed by atoms with van der Waals surface area (Å²) in [6.45, 7) is 4.44. The Balaban J connectivity index is 1.92. The molecule has 1 N–H and O–H groups in total. The molecule has 1 fully saturated rings. The van der Waals surface area contributed by atoms with Crippen molar-refractivity contribution in [2.24, 2.45) is 0 Å². The molecule has 0 radical (unpaired) electrons. The Kier molecular flexibility index (Phi) is 4.83. The number of benzene rings is 1. The van der Waals surface area contributed by atoms with Gasteiger partial charge in [0.25, 0.3) is 5.91 Å². The maximum atomic E-state index is 12.9. The second kappa shape index (κ2) is 6.90. The molecule has 1 saturated heterocycles. The molecule has 1 aliphatic rings. The van der Waals surface area contributed by atoms with E-state index in [0.29, 0.717) is 17.1 Å². The number of carboxylic acids is 1. The number of carboxylic acid groups (broad SMARTS) is 1. The van der Waals surface area contributed by atoms with Crippen molar-refractivity contribution in [3.05, 3.63) is 52.3 Å². The van der Waals surface area contributed by atoms with E-state index in [9.17, 15) is 9.59 Å². The Morgan fingerprint density at radius 2 is 2.04 bits per heavy atom. The van der Waals surface area contributed by atoms with Crippen LogP contribution in [0.2, 0.25) is 5.02 Å². The van der Waals surface area contributed by atoms with Crippen LogP contribution in [0, 0.1) is 13.8 Å². The van der Waals surface area contributed by atoms with Crippen LogP contribution < -0.4 is 0 Å². The van der Waals surface area contributed by atoms with Crippen molar-refractivity contribution < 1.29 is 19.4 Å². The largest absolute Gasteiger partial charge is 0.479 e. The summed E-state index contributed by atoms with van der Waals surface area (Å²) >= 11 is 6.08. The molecule has 1 unspecified atom stereocenters. The van der Waals surface area contributed by atoms with E-state index in [-0.39, 0.29) is 19.1 Å². The number of morpholine rings is 1. The van der Waals surface area contributed by atoms with Gasteiger partial charge in [0, 0.05) is 28.6 Å². The lowest BCUT2D eigenvalue weighted by molar-refractivity contribution is -0.154. The van der Waals surface area contributed by atoms with E-state index in [4.69, 9.17) is 21.4 Å². The van der Waals surface area contributed by atoms with Gasteiger partial charge in [0.05, 0.1) is 18.7 Å². The number of carbonyl (C=O) groups excluding carboxylic acids is 1. The predicted octanol–water partition coefficient (Wildman–Crippen LogP) is 2.67. The first-order valence-corrected chi connectivity index (χ1v) is 8.35. The van der Waals surface area contributed by atoms with Crippen LogP contribution in [-0.4, -0.2) is 52.3 Å². The van der Waals surface area contributed by atoms with E-state index in [1.165, 1.54) is 4.90 Å². The van der Waals surface area contributed by atoms with E-state index < -0.39 is 12.1 Å². The van der Waals surface area contributed by atoms with Crippen LogP contribution in [0.4, 0.5) is 0 Å². The summed E-state index contributed by atoms with van der Waals surface area (Å²) in [6, 6.07) is 9.24. The SMILES string of the molecule is Cc1cc(C(=O)N2CCOC(C(=O)O)C2)c(C)n1-c1cccc(Cl)c1.